The highest BCUT2D eigenvalue weighted by molar-refractivity contribution is 4.83. The van der Waals surface area contributed by atoms with Crippen LogP contribution >= 0.6 is 0 Å². The van der Waals surface area contributed by atoms with Gasteiger partial charge in [0.2, 0.25) is 0 Å². The van der Waals surface area contributed by atoms with E-state index >= 15 is 0 Å². The smallest absolute Gasteiger partial charge is 0.0110 e. The molecule has 1 fully saturated rings. The van der Waals surface area contributed by atoms with Gasteiger partial charge >= 0.3 is 0 Å². The van der Waals surface area contributed by atoms with Gasteiger partial charge in [0.25, 0.3) is 0 Å². The summed E-state index contributed by atoms with van der Waals surface area (Å²) in [6, 6.07) is 1.65. The van der Waals surface area contributed by atoms with Gasteiger partial charge in [0, 0.05) is 12.1 Å². The summed E-state index contributed by atoms with van der Waals surface area (Å²) in [6.07, 6.45) is 9.62. The van der Waals surface area contributed by atoms with Gasteiger partial charge in [-0.25, -0.2) is 0 Å². The topological polar surface area (TPSA) is 15.3 Å². The van der Waals surface area contributed by atoms with Gasteiger partial charge in [-0.2, -0.15) is 0 Å². The lowest BCUT2D eigenvalue weighted by molar-refractivity contribution is 0.0733. The fraction of sp³-hybridized carbons (Fsp3) is 1.00. The SMILES string of the molecule is CCC(C)CC(CC)N1CCCCC1CCNC. The Hall–Kier alpha value is -0.0800. The molecular formula is C16H34N2. The third kappa shape index (κ3) is 4.89. The number of piperidine rings is 1. The largest absolute Gasteiger partial charge is 0.320 e. The maximum Gasteiger partial charge on any atom is 0.0110 e. The Balaban J connectivity index is 2.55. The second-order valence-corrected chi connectivity index (χ2v) is 6.09. The molecule has 0 aromatic carbocycles. The van der Waals surface area contributed by atoms with Crippen LogP contribution in [0, 0.1) is 5.92 Å². The van der Waals surface area contributed by atoms with Gasteiger partial charge in [0.1, 0.15) is 0 Å². The van der Waals surface area contributed by atoms with Crippen LogP contribution in [0.15, 0.2) is 0 Å². The Morgan fingerprint density at radius 3 is 2.61 bits per heavy atom. The highest BCUT2D eigenvalue weighted by Gasteiger charge is 2.28. The predicted molar refractivity (Wildman–Crippen MR) is 81.0 cm³/mol. The standard InChI is InChI=1S/C16H34N2/c1-5-14(3)13-15(6-2)18-12-8-7-9-16(18)10-11-17-4/h14-17H,5-13H2,1-4H3. The van der Waals surface area contributed by atoms with Crippen LogP contribution in [0.5, 0.6) is 0 Å². The second-order valence-electron chi connectivity index (χ2n) is 6.09. The Kier molecular flexibility index (Phi) is 7.92. The molecule has 1 heterocycles. The first-order valence-corrected chi connectivity index (χ1v) is 8.13. The van der Waals surface area contributed by atoms with E-state index in [0.29, 0.717) is 0 Å². The van der Waals surface area contributed by atoms with E-state index in [-0.39, 0.29) is 0 Å². The van der Waals surface area contributed by atoms with Gasteiger partial charge in [-0.3, -0.25) is 4.90 Å². The van der Waals surface area contributed by atoms with E-state index in [4.69, 9.17) is 0 Å². The zero-order valence-electron chi connectivity index (χ0n) is 13.0. The zero-order chi connectivity index (χ0) is 13.4. The number of nitrogens with one attached hydrogen (secondary N) is 1. The molecule has 0 spiro atoms. The minimum atomic E-state index is 0.821. The van der Waals surface area contributed by atoms with Crippen LogP contribution in [0.4, 0.5) is 0 Å². The van der Waals surface area contributed by atoms with Crippen molar-refractivity contribution in [2.24, 2.45) is 5.92 Å². The monoisotopic (exact) mass is 254 g/mol. The summed E-state index contributed by atoms with van der Waals surface area (Å²) in [5, 5.41) is 3.32. The van der Waals surface area contributed by atoms with E-state index in [1.807, 2.05) is 0 Å². The van der Waals surface area contributed by atoms with Crippen LogP contribution in [0.25, 0.3) is 0 Å². The van der Waals surface area contributed by atoms with Crippen molar-refractivity contribution >= 4 is 0 Å². The molecule has 1 saturated heterocycles. The van der Waals surface area contributed by atoms with Gasteiger partial charge < -0.3 is 5.32 Å². The van der Waals surface area contributed by atoms with Crippen molar-refractivity contribution in [3.05, 3.63) is 0 Å². The summed E-state index contributed by atoms with van der Waals surface area (Å²) in [7, 11) is 2.07. The molecule has 0 radical (unpaired) electrons. The van der Waals surface area contributed by atoms with E-state index in [1.165, 1.54) is 58.0 Å². The quantitative estimate of drug-likeness (QED) is 0.711. The van der Waals surface area contributed by atoms with Crippen LogP contribution in [0.3, 0.4) is 0 Å². The van der Waals surface area contributed by atoms with Crippen LogP contribution in [0.1, 0.15) is 65.7 Å². The van der Waals surface area contributed by atoms with Crippen molar-refractivity contribution in [2.75, 3.05) is 20.1 Å². The molecule has 0 saturated carbocycles. The zero-order valence-corrected chi connectivity index (χ0v) is 13.0. The maximum absolute atomic E-state index is 3.32. The van der Waals surface area contributed by atoms with Gasteiger partial charge in [-0.05, 0) is 58.2 Å². The van der Waals surface area contributed by atoms with Crippen molar-refractivity contribution in [3.63, 3.8) is 0 Å². The first-order chi connectivity index (χ1) is 8.72. The highest BCUT2D eigenvalue weighted by Crippen LogP contribution is 2.26. The van der Waals surface area contributed by atoms with Crippen molar-refractivity contribution in [1.29, 1.82) is 0 Å². The minimum Gasteiger partial charge on any atom is -0.320 e. The van der Waals surface area contributed by atoms with Crippen molar-refractivity contribution < 1.29 is 0 Å². The molecule has 1 aliphatic rings. The first kappa shape index (κ1) is 16.0. The molecule has 2 nitrogen and oxygen atoms in total. The Morgan fingerprint density at radius 1 is 1.22 bits per heavy atom. The van der Waals surface area contributed by atoms with Crippen LogP contribution in [-0.2, 0) is 0 Å². The molecule has 18 heavy (non-hydrogen) atoms. The normalized spacial score (nSPS) is 25.0. The van der Waals surface area contributed by atoms with E-state index in [1.54, 1.807) is 0 Å². The third-order valence-corrected chi connectivity index (χ3v) is 4.71. The Labute approximate surface area is 115 Å². The lowest BCUT2D eigenvalue weighted by Crippen LogP contribution is -2.47. The summed E-state index contributed by atoms with van der Waals surface area (Å²) in [5.74, 6) is 0.877. The average Bonchev–Trinajstić information content (AvgIpc) is 2.42. The predicted octanol–water partition coefficient (Wildman–Crippen LogP) is 3.67. The van der Waals surface area contributed by atoms with Crippen LogP contribution in [-0.4, -0.2) is 37.1 Å². The fourth-order valence-corrected chi connectivity index (χ4v) is 3.29. The second kappa shape index (κ2) is 8.92. The number of likely N-dealkylation sites (tertiary alicyclic amines) is 1. The van der Waals surface area contributed by atoms with Crippen molar-refractivity contribution in [2.45, 2.75) is 77.8 Å². The summed E-state index contributed by atoms with van der Waals surface area (Å²) in [4.78, 5) is 2.84. The van der Waals surface area contributed by atoms with Crippen LogP contribution < -0.4 is 5.32 Å². The molecular weight excluding hydrogens is 220 g/mol. The maximum atomic E-state index is 3.32. The molecule has 0 bridgehead atoms. The first-order valence-electron chi connectivity index (χ1n) is 8.13. The molecule has 1 N–H and O–H groups in total. The van der Waals surface area contributed by atoms with Crippen molar-refractivity contribution in [1.82, 2.24) is 10.2 Å². The molecule has 108 valence electrons. The lowest BCUT2D eigenvalue weighted by Gasteiger charge is -2.42. The molecule has 0 aliphatic carbocycles. The summed E-state index contributed by atoms with van der Waals surface area (Å²) in [6.45, 7) is 9.61. The molecule has 3 unspecified atom stereocenters. The van der Waals surface area contributed by atoms with E-state index < -0.39 is 0 Å². The van der Waals surface area contributed by atoms with Gasteiger partial charge in [0.15, 0.2) is 0 Å². The number of hydrogen-bond donors (Lipinski definition) is 1. The lowest BCUT2D eigenvalue weighted by atomic mass is 9.91. The molecule has 1 rings (SSSR count). The Bertz CT molecular complexity index is 205. The summed E-state index contributed by atoms with van der Waals surface area (Å²) in [5.41, 5.74) is 0. The molecule has 0 aromatic heterocycles. The molecule has 0 amide bonds. The molecule has 0 aromatic rings. The number of rotatable bonds is 8. The van der Waals surface area contributed by atoms with Crippen LogP contribution in [0.2, 0.25) is 0 Å². The number of nitrogens with zero attached hydrogens (tertiary/aromatic N) is 1. The van der Waals surface area contributed by atoms with Gasteiger partial charge in [-0.1, -0.05) is 33.6 Å². The van der Waals surface area contributed by atoms with E-state index in [9.17, 15) is 0 Å². The fourth-order valence-electron chi connectivity index (χ4n) is 3.29. The average molecular weight is 254 g/mol. The molecule has 1 aliphatic heterocycles. The summed E-state index contributed by atoms with van der Waals surface area (Å²) < 4.78 is 0. The molecule has 2 heteroatoms. The Morgan fingerprint density at radius 2 is 2.00 bits per heavy atom. The third-order valence-electron chi connectivity index (χ3n) is 4.71. The highest BCUT2D eigenvalue weighted by atomic mass is 15.2. The van der Waals surface area contributed by atoms with Gasteiger partial charge in [-0.15, -0.1) is 0 Å². The molecule has 3 atom stereocenters. The van der Waals surface area contributed by atoms with Crippen molar-refractivity contribution in [3.8, 4) is 0 Å². The van der Waals surface area contributed by atoms with E-state index in [2.05, 4.69) is 38.0 Å². The minimum absolute atomic E-state index is 0.821. The van der Waals surface area contributed by atoms with Gasteiger partial charge in [0.05, 0.1) is 0 Å². The summed E-state index contributed by atoms with van der Waals surface area (Å²) >= 11 is 0. The van der Waals surface area contributed by atoms with E-state index in [0.717, 1.165) is 18.0 Å². The number of hydrogen-bond acceptors (Lipinski definition) is 2.